The molecule has 1 rings (SSSR count). The van der Waals surface area contributed by atoms with Crippen LogP contribution in [0.5, 0.6) is 0 Å². The maximum atomic E-state index is 9.11. The van der Waals surface area contributed by atoms with E-state index in [9.17, 15) is 0 Å². The second kappa shape index (κ2) is 3.46. The van der Waals surface area contributed by atoms with E-state index in [-0.39, 0.29) is 6.61 Å². The van der Waals surface area contributed by atoms with Gasteiger partial charge in [-0.2, -0.15) is 0 Å². The van der Waals surface area contributed by atoms with Gasteiger partial charge in [0.1, 0.15) is 24.4 Å². The number of ether oxygens (including phenoxy) is 1. The summed E-state index contributed by atoms with van der Waals surface area (Å²) in [5.41, 5.74) is 0. The highest BCUT2D eigenvalue weighted by atomic mass is 16.5. The average Bonchev–Trinajstić information content (AvgIpc) is 2.32. The SMILES string of the molecule is OC[C@H](O)[C@H]1OC[C@H](O)C1O. The standard InChI is InChI=1S/C6H12O5/c7-1-3(8)6-5(10)4(9)2-11-6/h3-10H,1-2H2/t3-,4-,5?,6+/m0/s1. The summed E-state index contributed by atoms with van der Waals surface area (Å²) < 4.78 is 4.82. The van der Waals surface area contributed by atoms with Crippen LogP contribution < -0.4 is 0 Å². The van der Waals surface area contributed by atoms with Gasteiger partial charge in [0.15, 0.2) is 0 Å². The van der Waals surface area contributed by atoms with Gasteiger partial charge in [-0.05, 0) is 0 Å². The zero-order chi connectivity index (χ0) is 8.43. The molecule has 0 bridgehead atoms. The Bertz CT molecular complexity index is 128. The number of aliphatic hydroxyl groups excluding tert-OH is 4. The van der Waals surface area contributed by atoms with Crippen LogP contribution >= 0.6 is 0 Å². The van der Waals surface area contributed by atoms with Crippen molar-refractivity contribution in [1.82, 2.24) is 0 Å². The topological polar surface area (TPSA) is 90.2 Å². The molecule has 4 atom stereocenters. The summed E-state index contributed by atoms with van der Waals surface area (Å²) in [4.78, 5) is 0. The number of rotatable bonds is 2. The third-order valence-corrected chi connectivity index (χ3v) is 1.76. The molecule has 5 heteroatoms. The van der Waals surface area contributed by atoms with E-state index >= 15 is 0 Å². The summed E-state index contributed by atoms with van der Waals surface area (Å²) >= 11 is 0. The van der Waals surface area contributed by atoms with Crippen molar-refractivity contribution in [2.75, 3.05) is 13.2 Å². The summed E-state index contributed by atoms with van der Waals surface area (Å²) in [6.07, 6.45) is -4.05. The molecule has 0 aromatic rings. The van der Waals surface area contributed by atoms with Crippen molar-refractivity contribution in [2.45, 2.75) is 24.4 Å². The fraction of sp³-hybridized carbons (Fsp3) is 1.00. The van der Waals surface area contributed by atoms with Crippen LogP contribution in [0.15, 0.2) is 0 Å². The minimum absolute atomic E-state index is 0.00287. The Morgan fingerprint density at radius 1 is 1.45 bits per heavy atom. The van der Waals surface area contributed by atoms with E-state index in [0.717, 1.165) is 0 Å². The van der Waals surface area contributed by atoms with Gasteiger partial charge in [-0.1, -0.05) is 0 Å². The molecule has 5 nitrogen and oxygen atoms in total. The van der Waals surface area contributed by atoms with Crippen LogP contribution in [0.2, 0.25) is 0 Å². The van der Waals surface area contributed by atoms with Crippen molar-refractivity contribution in [3.05, 3.63) is 0 Å². The fourth-order valence-electron chi connectivity index (χ4n) is 1.07. The summed E-state index contributed by atoms with van der Waals surface area (Å²) in [5, 5.41) is 35.5. The second-order valence-corrected chi connectivity index (χ2v) is 2.61. The molecule has 1 unspecified atom stereocenters. The summed E-state index contributed by atoms with van der Waals surface area (Å²) in [6, 6.07) is 0. The number of hydrogen-bond acceptors (Lipinski definition) is 5. The van der Waals surface area contributed by atoms with Gasteiger partial charge in [-0.25, -0.2) is 0 Å². The maximum Gasteiger partial charge on any atom is 0.114 e. The van der Waals surface area contributed by atoms with E-state index < -0.39 is 31.0 Å². The molecule has 0 aliphatic carbocycles. The smallest absolute Gasteiger partial charge is 0.114 e. The molecule has 0 spiro atoms. The van der Waals surface area contributed by atoms with Crippen molar-refractivity contribution in [3.8, 4) is 0 Å². The van der Waals surface area contributed by atoms with E-state index in [0.29, 0.717) is 0 Å². The Balaban J connectivity index is 2.47. The second-order valence-electron chi connectivity index (χ2n) is 2.61. The van der Waals surface area contributed by atoms with Crippen LogP contribution in [0.4, 0.5) is 0 Å². The molecule has 1 aliphatic rings. The molecule has 1 saturated heterocycles. The summed E-state index contributed by atoms with van der Waals surface area (Å²) in [5.74, 6) is 0. The third kappa shape index (κ3) is 1.69. The highest BCUT2D eigenvalue weighted by Crippen LogP contribution is 2.16. The lowest BCUT2D eigenvalue weighted by atomic mass is 10.1. The first-order valence-electron chi connectivity index (χ1n) is 3.43. The first-order valence-corrected chi connectivity index (χ1v) is 3.43. The van der Waals surface area contributed by atoms with Gasteiger partial charge in [0.05, 0.1) is 13.2 Å². The molecule has 0 saturated carbocycles. The van der Waals surface area contributed by atoms with Crippen molar-refractivity contribution >= 4 is 0 Å². The first-order chi connectivity index (χ1) is 5.16. The van der Waals surface area contributed by atoms with Gasteiger partial charge < -0.3 is 25.2 Å². The van der Waals surface area contributed by atoms with Crippen LogP contribution in [0.3, 0.4) is 0 Å². The molecule has 1 heterocycles. The van der Waals surface area contributed by atoms with Crippen LogP contribution in [-0.2, 0) is 4.74 Å². The molecule has 66 valence electrons. The molecule has 0 aromatic carbocycles. The van der Waals surface area contributed by atoms with Gasteiger partial charge in [0.25, 0.3) is 0 Å². The molecular formula is C6H12O5. The van der Waals surface area contributed by atoms with Gasteiger partial charge in [-0.15, -0.1) is 0 Å². The van der Waals surface area contributed by atoms with E-state index in [1.165, 1.54) is 0 Å². The van der Waals surface area contributed by atoms with E-state index in [1.807, 2.05) is 0 Å². The molecule has 1 aliphatic heterocycles. The molecule has 4 N–H and O–H groups in total. The minimum Gasteiger partial charge on any atom is -0.394 e. The van der Waals surface area contributed by atoms with Crippen LogP contribution in [-0.4, -0.2) is 58.1 Å². The Morgan fingerprint density at radius 2 is 2.09 bits per heavy atom. The van der Waals surface area contributed by atoms with Crippen molar-refractivity contribution < 1.29 is 25.2 Å². The Morgan fingerprint density at radius 3 is 2.45 bits per heavy atom. The average molecular weight is 164 g/mol. The van der Waals surface area contributed by atoms with Gasteiger partial charge >= 0.3 is 0 Å². The van der Waals surface area contributed by atoms with Crippen LogP contribution in [0, 0.1) is 0 Å². The molecule has 1 fully saturated rings. The zero-order valence-electron chi connectivity index (χ0n) is 5.92. The highest BCUT2D eigenvalue weighted by molar-refractivity contribution is 4.87. The lowest BCUT2D eigenvalue weighted by Crippen LogP contribution is -2.40. The van der Waals surface area contributed by atoms with Gasteiger partial charge in [0.2, 0.25) is 0 Å². The zero-order valence-corrected chi connectivity index (χ0v) is 5.92. The fourth-order valence-corrected chi connectivity index (χ4v) is 1.07. The summed E-state index contributed by atoms with van der Waals surface area (Å²) in [6.45, 7) is -0.475. The largest absolute Gasteiger partial charge is 0.394 e. The predicted molar refractivity (Wildman–Crippen MR) is 34.8 cm³/mol. The van der Waals surface area contributed by atoms with Crippen molar-refractivity contribution in [3.63, 3.8) is 0 Å². The minimum atomic E-state index is -1.12. The normalized spacial score (nSPS) is 40.9. The molecule has 11 heavy (non-hydrogen) atoms. The van der Waals surface area contributed by atoms with E-state index in [1.54, 1.807) is 0 Å². The number of aliphatic hydroxyl groups is 4. The summed E-state index contributed by atoms with van der Waals surface area (Å²) in [7, 11) is 0. The van der Waals surface area contributed by atoms with Crippen molar-refractivity contribution in [1.29, 1.82) is 0 Å². The van der Waals surface area contributed by atoms with Crippen LogP contribution in [0.1, 0.15) is 0 Å². The van der Waals surface area contributed by atoms with E-state index in [2.05, 4.69) is 0 Å². The monoisotopic (exact) mass is 164 g/mol. The molecule has 0 amide bonds. The predicted octanol–water partition coefficient (Wildman–Crippen LogP) is -2.54. The van der Waals surface area contributed by atoms with Gasteiger partial charge in [-0.3, -0.25) is 0 Å². The maximum absolute atomic E-state index is 9.11. The Hall–Kier alpha value is -0.200. The van der Waals surface area contributed by atoms with Crippen molar-refractivity contribution in [2.24, 2.45) is 0 Å². The van der Waals surface area contributed by atoms with E-state index in [4.69, 9.17) is 25.2 Å². The van der Waals surface area contributed by atoms with Gasteiger partial charge in [0, 0.05) is 0 Å². The molecular weight excluding hydrogens is 152 g/mol. The number of hydrogen-bond donors (Lipinski definition) is 4. The highest BCUT2D eigenvalue weighted by Gasteiger charge is 2.38. The molecule has 0 aromatic heterocycles. The van der Waals surface area contributed by atoms with Crippen LogP contribution in [0.25, 0.3) is 0 Å². The first kappa shape index (κ1) is 8.89. The lowest BCUT2D eigenvalue weighted by Gasteiger charge is -2.18. The quantitative estimate of drug-likeness (QED) is 0.361. The lowest BCUT2D eigenvalue weighted by molar-refractivity contribution is -0.0684. The third-order valence-electron chi connectivity index (χ3n) is 1.76. The Kier molecular flexibility index (Phi) is 2.80. The Labute approximate surface area is 63.8 Å². The molecule has 0 radical (unpaired) electrons.